The van der Waals surface area contributed by atoms with Gasteiger partial charge in [0.05, 0.1) is 19.1 Å². The van der Waals surface area contributed by atoms with E-state index in [1.165, 1.54) is 0 Å². The summed E-state index contributed by atoms with van der Waals surface area (Å²) < 4.78 is 10.3. The molecular weight excluding hydrogens is 524 g/mol. The van der Waals surface area contributed by atoms with E-state index in [4.69, 9.17) is 9.47 Å². The van der Waals surface area contributed by atoms with Gasteiger partial charge in [-0.25, -0.2) is 4.79 Å². The predicted molar refractivity (Wildman–Crippen MR) is 153 cm³/mol. The van der Waals surface area contributed by atoms with Crippen molar-refractivity contribution >= 4 is 23.9 Å². The summed E-state index contributed by atoms with van der Waals surface area (Å²) >= 11 is 0. The first kappa shape index (κ1) is 32.8. The van der Waals surface area contributed by atoms with Crippen LogP contribution in [0.4, 0.5) is 4.79 Å². The van der Waals surface area contributed by atoms with Crippen LogP contribution in [-0.2, 0) is 36.7 Å². The lowest BCUT2D eigenvalue weighted by molar-refractivity contribution is -0.144. The highest BCUT2D eigenvalue weighted by Crippen LogP contribution is 2.24. The van der Waals surface area contributed by atoms with Gasteiger partial charge in [-0.3, -0.25) is 14.4 Å². The molecule has 10 heteroatoms. The maximum absolute atomic E-state index is 14.1. The van der Waals surface area contributed by atoms with Gasteiger partial charge in [-0.15, -0.1) is 0 Å². The normalized spacial score (nSPS) is 12.3. The third-order valence-corrected chi connectivity index (χ3v) is 5.99. The number of hydrogen-bond donors (Lipinski definition) is 2. The fourth-order valence-corrected chi connectivity index (χ4v) is 4.10. The molecule has 2 atom stereocenters. The summed E-state index contributed by atoms with van der Waals surface area (Å²) in [6.07, 6.45) is 0.0272. The van der Waals surface area contributed by atoms with Crippen LogP contribution in [0.2, 0.25) is 0 Å². The third-order valence-electron chi connectivity index (χ3n) is 5.99. The Morgan fingerprint density at radius 2 is 1.63 bits per heavy atom. The van der Waals surface area contributed by atoms with Crippen molar-refractivity contribution in [2.45, 2.75) is 71.6 Å². The smallest absolute Gasteiger partial charge is 0.408 e. The molecule has 0 saturated carbocycles. The van der Waals surface area contributed by atoms with Crippen LogP contribution in [0, 0.1) is 11.3 Å². The highest BCUT2D eigenvalue weighted by atomic mass is 16.6. The number of benzene rings is 2. The van der Waals surface area contributed by atoms with Gasteiger partial charge in [-0.2, -0.15) is 5.26 Å². The third kappa shape index (κ3) is 11.0. The number of hydrogen-bond acceptors (Lipinski definition) is 7. The van der Waals surface area contributed by atoms with E-state index in [-0.39, 0.29) is 26.0 Å². The van der Waals surface area contributed by atoms with E-state index in [0.717, 1.165) is 22.4 Å². The van der Waals surface area contributed by atoms with Gasteiger partial charge >= 0.3 is 12.1 Å². The van der Waals surface area contributed by atoms with Crippen LogP contribution >= 0.6 is 0 Å². The average molecular weight is 565 g/mol. The van der Waals surface area contributed by atoms with E-state index < -0.39 is 48.1 Å². The molecule has 0 radical (unpaired) electrons. The summed E-state index contributed by atoms with van der Waals surface area (Å²) in [6.45, 7) is 8.59. The second-order valence-corrected chi connectivity index (χ2v) is 10.4. The molecule has 0 aliphatic rings. The van der Waals surface area contributed by atoms with E-state index >= 15 is 0 Å². The van der Waals surface area contributed by atoms with Crippen LogP contribution in [0.15, 0.2) is 54.6 Å². The number of carbonyl (C=O) groups is 4. The number of nitrogens with one attached hydrogen (secondary N) is 2. The molecule has 2 unspecified atom stereocenters. The first-order valence-corrected chi connectivity index (χ1v) is 13.7. The first-order chi connectivity index (χ1) is 19.5. The van der Waals surface area contributed by atoms with Crippen molar-refractivity contribution in [2.75, 3.05) is 19.7 Å². The SMILES string of the molecule is CCOC(=O)CCNC(=O)C(c1ccc(CC)cc1)N(CC#N)C(=O)C(Cc1ccccc1)NC(=O)OC(C)(C)C. The Labute approximate surface area is 242 Å². The minimum absolute atomic E-state index is 0.0145. The van der Waals surface area contributed by atoms with Crippen LogP contribution in [0.5, 0.6) is 0 Å². The Morgan fingerprint density at radius 3 is 2.20 bits per heavy atom. The number of esters is 1. The predicted octanol–water partition coefficient (Wildman–Crippen LogP) is 3.85. The quantitative estimate of drug-likeness (QED) is 0.278. The summed E-state index contributed by atoms with van der Waals surface area (Å²) in [6, 6.07) is 15.9. The minimum Gasteiger partial charge on any atom is -0.466 e. The Kier molecular flexibility index (Phi) is 12.8. The van der Waals surface area contributed by atoms with Crippen molar-refractivity contribution < 1.29 is 28.7 Å². The summed E-state index contributed by atoms with van der Waals surface area (Å²) in [5, 5.41) is 15.1. The molecule has 2 N–H and O–H groups in total. The molecule has 2 rings (SSSR count). The van der Waals surface area contributed by atoms with E-state index in [2.05, 4.69) is 10.6 Å². The number of ether oxygens (including phenoxy) is 2. The second-order valence-electron chi connectivity index (χ2n) is 10.4. The zero-order valence-electron chi connectivity index (χ0n) is 24.4. The lowest BCUT2D eigenvalue weighted by Gasteiger charge is -2.33. The minimum atomic E-state index is -1.20. The van der Waals surface area contributed by atoms with E-state index in [0.29, 0.717) is 5.56 Å². The molecule has 41 heavy (non-hydrogen) atoms. The van der Waals surface area contributed by atoms with Crippen molar-refractivity contribution in [1.82, 2.24) is 15.5 Å². The highest BCUT2D eigenvalue weighted by Gasteiger charge is 2.36. The molecule has 3 amide bonds. The van der Waals surface area contributed by atoms with Crippen LogP contribution in [0.25, 0.3) is 0 Å². The maximum atomic E-state index is 14.1. The molecule has 10 nitrogen and oxygen atoms in total. The molecule has 220 valence electrons. The van der Waals surface area contributed by atoms with Crippen molar-refractivity contribution in [2.24, 2.45) is 0 Å². The lowest BCUT2D eigenvalue weighted by atomic mass is 9.99. The van der Waals surface area contributed by atoms with Crippen LogP contribution < -0.4 is 10.6 Å². The van der Waals surface area contributed by atoms with Crippen LogP contribution in [-0.4, -0.2) is 60.1 Å². The molecule has 0 bridgehead atoms. The Hall–Kier alpha value is -4.39. The van der Waals surface area contributed by atoms with Gasteiger partial charge in [0.25, 0.3) is 0 Å². The molecule has 0 aromatic heterocycles. The standard InChI is InChI=1S/C31H40N4O6/c1-6-22-13-15-24(16-14-22)27(28(37)33-19-17-26(36)40-7-2)35(20-18-32)29(38)25(21-23-11-9-8-10-12-23)34-30(39)41-31(3,4)5/h8-16,25,27H,6-7,17,19-21H2,1-5H3,(H,33,37)(H,34,39). The van der Waals surface area contributed by atoms with Gasteiger partial charge < -0.3 is 25.0 Å². The van der Waals surface area contributed by atoms with Gasteiger partial charge in [0, 0.05) is 13.0 Å². The largest absolute Gasteiger partial charge is 0.466 e. The number of nitriles is 1. The Balaban J connectivity index is 2.46. The van der Waals surface area contributed by atoms with Crippen LogP contribution in [0.3, 0.4) is 0 Å². The number of rotatable bonds is 13. The molecule has 2 aromatic carbocycles. The fourth-order valence-electron chi connectivity index (χ4n) is 4.10. The number of aryl methyl sites for hydroxylation is 1. The zero-order chi connectivity index (χ0) is 30.4. The van der Waals surface area contributed by atoms with Crippen LogP contribution in [0.1, 0.15) is 63.8 Å². The van der Waals surface area contributed by atoms with Gasteiger partial charge in [-0.1, -0.05) is 61.5 Å². The molecular formula is C31H40N4O6. The zero-order valence-corrected chi connectivity index (χ0v) is 24.4. The second kappa shape index (κ2) is 16.0. The Morgan fingerprint density at radius 1 is 0.976 bits per heavy atom. The van der Waals surface area contributed by atoms with Crippen molar-refractivity contribution in [1.29, 1.82) is 5.26 Å². The van der Waals surface area contributed by atoms with Gasteiger partial charge in [-0.05, 0) is 50.8 Å². The van der Waals surface area contributed by atoms with E-state index in [1.807, 2.05) is 55.5 Å². The fraction of sp³-hybridized carbons (Fsp3) is 0.452. The lowest BCUT2D eigenvalue weighted by Crippen LogP contribution is -2.54. The van der Waals surface area contributed by atoms with E-state index in [9.17, 15) is 24.4 Å². The Bertz CT molecular complexity index is 1200. The van der Waals surface area contributed by atoms with Crippen molar-refractivity contribution in [3.8, 4) is 6.07 Å². The van der Waals surface area contributed by atoms with Crippen molar-refractivity contribution in [3.05, 3.63) is 71.3 Å². The molecule has 0 spiro atoms. The monoisotopic (exact) mass is 564 g/mol. The van der Waals surface area contributed by atoms with E-state index in [1.54, 1.807) is 39.8 Å². The molecule has 0 heterocycles. The van der Waals surface area contributed by atoms with Crippen molar-refractivity contribution in [3.63, 3.8) is 0 Å². The summed E-state index contributed by atoms with van der Waals surface area (Å²) in [5.74, 6) is -1.67. The van der Waals surface area contributed by atoms with Gasteiger partial charge in [0.1, 0.15) is 24.2 Å². The molecule has 0 aliphatic carbocycles. The summed E-state index contributed by atoms with van der Waals surface area (Å²) in [7, 11) is 0. The first-order valence-electron chi connectivity index (χ1n) is 13.7. The summed E-state index contributed by atoms with van der Waals surface area (Å²) in [5.41, 5.74) is 1.47. The molecule has 2 aromatic rings. The average Bonchev–Trinajstić information content (AvgIpc) is 2.92. The van der Waals surface area contributed by atoms with Gasteiger partial charge in [0.2, 0.25) is 11.8 Å². The highest BCUT2D eigenvalue weighted by molar-refractivity contribution is 5.92. The number of carbonyl (C=O) groups excluding carboxylic acids is 4. The number of alkyl carbamates (subject to hydrolysis) is 1. The molecule has 0 fully saturated rings. The number of nitrogens with zero attached hydrogens (tertiary/aromatic N) is 2. The number of amides is 3. The van der Waals surface area contributed by atoms with Gasteiger partial charge in [0.15, 0.2) is 0 Å². The molecule has 0 aliphatic heterocycles. The molecule has 0 saturated heterocycles. The summed E-state index contributed by atoms with van der Waals surface area (Å²) in [4.78, 5) is 53.4. The maximum Gasteiger partial charge on any atom is 0.408 e. The topological polar surface area (TPSA) is 138 Å².